The summed E-state index contributed by atoms with van der Waals surface area (Å²) in [5.74, 6) is 1.66. The molecule has 0 aliphatic carbocycles. The number of nitrogens with zero attached hydrogens (tertiary/aromatic N) is 1. The SMILES string of the molecule is C#CCONC(=O)c1ccc(Cl)nc1Cl. The fourth-order valence-corrected chi connectivity index (χ4v) is 1.21. The molecular formula is C9H6Cl2N2O2. The van der Waals surface area contributed by atoms with Gasteiger partial charge in [-0.25, -0.2) is 10.5 Å². The first-order valence-electron chi connectivity index (χ1n) is 3.83. The average Bonchev–Trinajstić information content (AvgIpc) is 2.17. The Morgan fingerprint density at radius 3 is 2.93 bits per heavy atom. The molecular weight excluding hydrogens is 239 g/mol. The molecule has 0 aromatic carbocycles. The fourth-order valence-electron chi connectivity index (χ4n) is 0.780. The first-order chi connectivity index (χ1) is 7.15. The van der Waals surface area contributed by atoms with Crippen molar-refractivity contribution in [1.29, 1.82) is 0 Å². The number of rotatable bonds is 3. The van der Waals surface area contributed by atoms with Crippen molar-refractivity contribution >= 4 is 29.1 Å². The summed E-state index contributed by atoms with van der Waals surface area (Å²) in [6.45, 7) is -0.0234. The number of hydroxylamine groups is 1. The Hall–Kier alpha value is -1.28. The molecule has 78 valence electrons. The number of carbonyl (C=O) groups is 1. The summed E-state index contributed by atoms with van der Waals surface area (Å²) in [5.41, 5.74) is 2.28. The lowest BCUT2D eigenvalue weighted by atomic mass is 10.3. The van der Waals surface area contributed by atoms with Crippen LogP contribution in [0, 0.1) is 12.3 Å². The second kappa shape index (κ2) is 5.56. The summed E-state index contributed by atoms with van der Waals surface area (Å²) in [4.78, 5) is 19.7. The highest BCUT2D eigenvalue weighted by atomic mass is 35.5. The molecule has 0 spiro atoms. The zero-order valence-electron chi connectivity index (χ0n) is 7.46. The molecule has 4 nitrogen and oxygen atoms in total. The summed E-state index contributed by atoms with van der Waals surface area (Å²) >= 11 is 11.2. The van der Waals surface area contributed by atoms with E-state index in [1.165, 1.54) is 12.1 Å². The first-order valence-corrected chi connectivity index (χ1v) is 4.58. The summed E-state index contributed by atoms with van der Waals surface area (Å²) < 4.78 is 0. The van der Waals surface area contributed by atoms with E-state index < -0.39 is 5.91 Å². The van der Waals surface area contributed by atoms with Gasteiger partial charge in [-0.05, 0) is 12.1 Å². The van der Waals surface area contributed by atoms with Gasteiger partial charge in [0.2, 0.25) is 0 Å². The molecule has 0 saturated heterocycles. The van der Waals surface area contributed by atoms with Gasteiger partial charge < -0.3 is 0 Å². The van der Waals surface area contributed by atoms with Gasteiger partial charge in [0.25, 0.3) is 5.91 Å². The van der Waals surface area contributed by atoms with Crippen LogP contribution in [0.4, 0.5) is 0 Å². The van der Waals surface area contributed by atoms with Gasteiger partial charge in [0, 0.05) is 0 Å². The largest absolute Gasteiger partial charge is 0.278 e. The number of carbonyl (C=O) groups excluding carboxylic acids is 1. The van der Waals surface area contributed by atoms with E-state index in [4.69, 9.17) is 29.6 Å². The van der Waals surface area contributed by atoms with Crippen LogP contribution in [0.25, 0.3) is 0 Å². The molecule has 0 atom stereocenters. The lowest BCUT2D eigenvalue weighted by Gasteiger charge is -2.04. The van der Waals surface area contributed by atoms with Gasteiger partial charge in [-0.15, -0.1) is 6.42 Å². The van der Waals surface area contributed by atoms with Crippen molar-refractivity contribution in [2.45, 2.75) is 0 Å². The number of pyridine rings is 1. The van der Waals surface area contributed by atoms with E-state index in [0.29, 0.717) is 0 Å². The van der Waals surface area contributed by atoms with Crippen LogP contribution in [-0.4, -0.2) is 17.5 Å². The molecule has 1 heterocycles. The van der Waals surface area contributed by atoms with E-state index >= 15 is 0 Å². The molecule has 1 amide bonds. The van der Waals surface area contributed by atoms with E-state index in [1.807, 2.05) is 0 Å². The Morgan fingerprint density at radius 2 is 2.33 bits per heavy atom. The third-order valence-electron chi connectivity index (χ3n) is 1.38. The molecule has 15 heavy (non-hydrogen) atoms. The Bertz CT molecular complexity index is 415. The zero-order valence-corrected chi connectivity index (χ0v) is 8.97. The third kappa shape index (κ3) is 3.40. The molecule has 0 bridgehead atoms. The smallest absolute Gasteiger partial charge is 0.267 e. The Labute approximate surface area is 96.5 Å². The van der Waals surface area contributed by atoms with Gasteiger partial charge in [-0.2, -0.15) is 0 Å². The minimum Gasteiger partial charge on any atom is -0.267 e. The average molecular weight is 245 g/mol. The zero-order chi connectivity index (χ0) is 11.3. The highest BCUT2D eigenvalue weighted by molar-refractivity contribution is 6.34. The lowest BCUT2D eigenvalue weighted by molar-refractivity contribution is 0.0438. The molecule has 6 heteroatoms. The van der Waals surface area contributed by atoms with Crippen molar-refractivity contribution in [3.63, 3.8) is 0 Å². The quantitative estimate of drug-likeness (QED) is 0.381. The predicted octanol–water partition coefficient (Wildman–Crippen LogP) is 1.68. The molecule has 1 aromatic rings. The minimum absolute atomic E-state index is 0.00399. The molecule has 1 aromatic heterocycles. The van der Waals surface area contributed by atoms with Crippen LogP contribution in [-0.2, 0) is 4.84 Å². The number of halogens is 2. The van der Waals surface area contributed by atoms with Crippen molar-refractivity contribution in [3.05, 3.63) is 28.0 Å². The Kier molecular flexibility index (Phi) is 4.37. The topological polar surface area (TPSA) is 51.2 Å². The van der Waals surface area contributed by atoms with Crippen LogP contribution >= 0.6 is 23.2 Å². The second-order valence-electron chi connectivity index (χ2n) is 2.40. The number of hydrogen-bond acceptors (Lipinski definition) is 3. The van der Waals surface area contributed by atoms with Crippen molar-refractivity contribution in [2.24, 2.45) is 0 Å². The van der Waals surface area contributed by atoms with Gasteiger partial charge in [0.15, 0.2) is 0 Å². The van der Waals surface area contributed by atoms with Crippen molar-refractivity contribution < 1.29 is 9.63 Å². The molecule has 0 fully saturated rings. The highest BCUT2D eigenvalue weighted by Crippen LogP contribution is 2.16. The summed E-state index contributed by atoms with van der Waals surface area (Å²) in [7, 11) is 0. The standard InChI is InChI=1S/C9H6Cl2N2O2/c1-2-5-15-13-9(14)6-3-4-7(10)12-8(6)11/h1,3-4H,5H2,(H,13,14). The van der Waals surface area contributed by atoms with E-state index in [9.17, 15) is 4.79 Å². The highest BCUT2D eigenvalue weighted by Gasteiger charge is 2.11. The number of amides is 1. The van der Waals surface area contributed by atoms with Crippen LogP contribution in [0.5, 0.6) is 0 Å². The fraction of sp³-hybridized carbons (Fsp3) is 0.111. The van der Waals surface area contributed by atoms with Gasteiger partial charge in [0.1, 0.15) is 16.9 Å². The number of terminal acetylenes is 1. The lowest BCUT2D eigenvalue weighted by Crippen LogP contribution is -2.24. The van der Waals surface area contributed by atoms with E-state index in [-0.39, 0.29) is 22.5 Å². The van der Waals surface area contributed by atoms with Crippen LogP contribution < -0.4 is 5.48 Å². The Morgan fingerprint density at radius 1 is 1.60 bits per heavy atom. The molecule has 0 aliphatic heterocycles. The van der Waals surface area contributed by atoms with Crippen LogP contribution in [0.1, 0.15) is 10.4 Å². The van der Waals surface area contributed by atoms with Gasteiger partial charge in [0.05, 0.1) is 5.56 Å². The second-order valence-corrected chi connectivity index (χ2v) is 3.14. The van der Waals surface area contributed by atoms with Gasteiger partial charge in [-0.3, -0.25) is 9.63 Å². The number of hydrogen-bond donors (Lipinski definition) is 1. The van der Waals surface area contributed by atoms with Gasteiger partial charge in [-0.1, -0.05) is 29.1 Å². The predicted molar refractivity (Wildman–Crippen MR) is 56.5 cm³/mol. The Balaban J connectivity index is 2.70. The van der Waals surface area contributed by atoms with Crippen LogP contribution in [0.3, 0.4) is 0 Å². The summed E-state index contributed by atoms with van der Waals surface area (Å²) in [6.07, 6.45) is 4.92. The maximum atomic E-state index is 11.4. The van der Waals surface area contributed by atoms with E-state index in [0.717, 1.165) is 0 Å². The maximum absolute atomic E-state index is 11.4. The minimum atomic E-state index is -0.528. The van der Waals surface area contributed by atoms with Crippen molar-refractivity contribution in [2.75, 3.05) is 6.61 Å². The molecule has 1 N–H and O–H groups in total. The summed E-state index contributed by atoms with van der Waals surface area (Å²) in [5, 5.41) is 0.213. The third-order valence-corrected chi connectivity index (χ3v) is 1.88. The van der Waals surface area contributed by atoms with E-state index in [2.05, 4.69) is 21.2 Å². The van der Waals surface area contributed by atoms with Crippen molar-refractivity contribution in [1.82, 2.24) is 10.5 Å². The molecule has 0 aliphatic rings. The van der Waals surface area contributed by atoms with Gasteiger partial charge >= 0.3 is 0 Å². The van der Waals surface area contributed by atoms with E-state index in [1.54, 1.807) is 0 Å². The summed E-state index contributed by atoms with van der Waals surface area (Å²) in [6, 6.07) is 2.88. The first kappa shape index (κ1) is 11.8. The number of aromatic nitrogens is 1. The maximum Gasteiger partial charge on any atom is 0.278 e. The molecule has 1 rings (SSSR count). The monoisotopic (exact) mass is 244 g/mol. The molecule has 0 radical (unpaired) electrons. The van der Waals surface area contributed by atoms with Crippen LogP contribution in [0.2, 0.25) is 10.3 Å². The molecule has 0 unspecified atom stereocenters. The number of nitrogens with one attached hydrogen (secondary N) is 1. The normalized spacial score (nSPS) is 9.40. The van der Waals surface area contributed by atoms with Crippen molar-refractivity contribution in [3.8, 4) is 12.3 Å². The van der Waals surface area contributed by atoms with Crippen LogP contribution in [0.15, 0.2) is 12.1 Å². The molecule has 0 saturated carbocycles.